The Bertz CT molecular complexity index is 1270. The summed E-state index contributed by atoms with van der Waals surface area (Å²) in [5, 5.41) is 40.5. The summed E-state index contributed by atoms with van der Waals surface area (Å²) in [6.45, 7) is -0.553. The molecule has 0 aromatic heterocycles. The summed E-state index contributed by atoms with van der Waals surface area (Å²) in [6, 6.07) is 10.6. The van der Waals surface area contributed by atoms with Crippen LogP contribution >= 0.6 is 0 Å². The lowest BCUT2D eigenvalue weighted by atomic mass is 9.89. The first kappa shape index (κ1) is 33.6. The van der Waals surface area contributed by atoms with E-state index in [1.807, 2.05) is 12.2 Å². The van der Waals surface area contributed by atoms with Gasteiger partial charge >= 0.3 is 12.1 Å². The lowest BCUT2D eigenvalue weighted by Crippen LogP contribution is -2.21. The van der Waals surface area contributed by atoms with Gasteiger partial charge in [-0.1, -0.05) is 42.5 Å². The number of unbranched alkanes of at least 4 members (excludes halogenated alkanes) is 1. The van der Waals surface area contributed by atoms with Crippen LogP contribution in [0.4, 0.5) is 13.2 Å². The highest BCUT2D eigenvalue weighted by Gasteiger charge is 2.39. The van der Waals surface area contributed by atoms with Gasteiger partial charge in [-0.2, -0.15) is 13.2 Å². The molecule has 13 heteroatoms. The van der Waals surface area contributed by atoms with E-state index in [-0.39, 0.29) is 43.5 Å². The maximum Gasteiger partial charge on any atom is 0.416 e. The zero-order valence-corrected chi connectivity index (χ0v) is 23.1. The van der Waals surface area contributed by atoms with Crippen molar-refractivity contribution in [1.29, 1.82) is 0 Å². The number of esters is 1. The molecule has 10 nitrogen and oxygen atoms in total. The molecule has 0 saturated heterocycles. The molecule has 1 aliphatic carbocycles. The number of carbonyl (C=O) groups is 1. The minimum absolute atomic E-state index is 0.0376. The molecule has 0 amide bonds. The van der Waals surface area contributed by atoms with Gasteiger partial charge in [0.15, 0.2) is 0 Å². The zero-order chi connectivity index (χ0) is 31.4. The van der Waals surface area contributed by atoms with Crippen LogP contribution in [0.3, 0.4) is 0 Å². The van der Waals surface area contributed by atoms with Crippen LogP contribution in [-0.2, 0) is 22.4 Å². The van der Waals surface area contributed by atoms with Crippen LogP contribution < -0.4 is 9.47 Å². The van der Waals surface area contributed by atoms with Crippen molar-refractivity contribution in [2.75, 3.05) is 6.61 Å². The van der Waals surface area contributed by atoms with Crippen LogP contribution in [0.25, 0.3) is 0 Å². The van der Waals surface area contributed by atoms with E-state index in [0.29, 0.717) is 24.8 Å². The summed E-state index contributed by atoms with van der Waals surface area (Å²) in [5.41, 5.74) is -0.380. The molecule has 0 spiro atoms. The van der Waals surface area contributed by atoms with Crippen molar-refractivity contribution in [1.82, 2.24) is 0 Å². The number of halogens is 3. The number of aliphatic hydroxyl groups excluding tert-OH is 3. The van der Waals surface area contributed by atoms with Gasteiger partial charge in [-0.05, 0) is 61.1 Å². The zero-order valence-electron chi connectivity index (χ0n) is 23.1. The van der Waals surface area contributed by atoms with Crippen LogP contribution in [0, 0.1) is 22.0 Å². The molecule has 0 heterocycles. The van der Waals surface area contributed by atoms with Gasteiger partial charge in [0.2, 0.25) is 0 Å². The Morgan fingerprint density at radius 1 is 1.09 bits per heavy atom. The van der Waals surface area contributed by atoms with Crippen molar-refractivity contribution in [3.63, 3.8) is 0 Å². The van der Waals surface area contributed by atoms with Crippen LogP contribution in [0.2, 0.25) is 0 Å². The highest BCUT2D eigenvalue weighted by Crippen LogP contribution is 2.36. The van der Waals surface area contributed by atoms with Crippen molar-refractivity contribution in [3.05, 3.63) is 94.1 Å². The third kappa shape index (κ3) is 11.3. The lowest BCUT2D eigenvalue weighted by molar-refractivity contribution is -0.763. The molecule has 0 bridgehead atoms. The molecular weight excluding hydrogens is 575 g/mol. The highest BCUT2D eigenvalue weighted by atomic mass is 19.4. The van der Waals surface area contributed by atoms with Gasteiger partial charge < -0.3 is 29.6 Å². The third-order valence-electron chi connectivity index (χ3n) is 6.85. The van der Waals surface area contributed by atoms with Crippen molar-refractivity contribution < 1.29 is 52.7 Å². The quantitative estimate of drug-likeness (QED) is 0.0647. The fraction of sp³-hybridized carbons (Fsp3) is 0.433. The van der Waals surface area contributed by atoms with E-state index in [2.05, 4.69) is 4.84 Å². The lowest BCUT2D eigenvalue weighted by Gasteiger charge is -2.19. The molecule has 2 aromatic carbocycles. The molecule has 2 aromatic rings. The fourth-order valence-electron chi connectivity index (χ4n) is 4.71. The molecule has 43 heavy (non-hydrogen) atoms. The van der Waals surface area contributed by atoms with Crippen molar-refractivity contribution in [2.24, 2.45) is 11.8 Å². The molecule has 1 fully saturated rings. The number of aliphatic hydroxyl groups is 3. The van der Waals surface area contributed by atoms with Crippen molar-refractivity contribution >= 4 is 5.97 Å². The Balaban J connectivity index is 1.41. The fourth-order valence-corrected chi connectivity index (χ4v) is 4.71. The van der Waals surface area contributed by atoms with Gasteiger partial charge in [0.1, 0.15) is 30.8 Å². The van der Waals surface area contributed by atoms with Crippen LogP contribution in [0.15, 0.2) is 72.8 Å². The smallest absolute Gasteiger partial charge is 0.416 e. The summed E-state index contributed by atoms with van der Waals surface area (Å²) in [6.07, 6.45) is 1.23. The number of benzene rings is 2. The largest absolute Gasteiger partial charge is 0.491 e. The number of carbonyl (C=O) groups excluding carboxylic acids is 1. The van der Waals surface area contributed by atoms with Crippen molar-refractivity contribution in [3.8, 4) is 11.5 Å². The molecule has 0 aliphatic heterocycles. The molecular formula is C30H34F3NO9. The molecule has 5 atom stereocenters. The van der Waals surface area contributed by atoms with E-state index in [1.54, 1.807) is 24.3 Å². The Morgan fingerprint density at radius 3 is 2.58 bits per heavy atom. The minimum Gasteiger partial charge on any atom is -0.491 e. The normalized spacial score (nSPS) is 21.3. The predicted octanol–water partition coefficient (Wildman–Crippen LogP) is 4.79. The van der Waals surface area contributed by atoms with E-state index in [9.17, 15) is 43.4 Å². The maximum atomic E-state index is 12.9. The number of hydrogen-bond acceptors (Lipinski definition) is 9. The number of rotatable bonds is 15. The first-order chi connectivity index (χ1) is 20.4. The summed E-state index contributed by atoms with van der Waals surface area (Å²) in [5.74, 6) is -1.02. The second kappa shape index (κ2) is 16.1. The van der Waals surface area contributed by atoms with Crippen LogP contribution in [-0.4, -0.2) is 51.3 Å². The Labute approximate surface area is 246 Å². The second-order valence-electron chi connectivity index (χ2n) is 10.1. The van der Waals surface area contributed by atoms with Gasteiger partial charge in [-0.25, -0.2) is 0 Å². The van der Waals surface area contributed by atoms with Gasteiger partial charge in [0.05, 0.1) is 17.8 Å². The first-order valence-corrected chi connectivity index (χ1v) is 13.7. The topological polar surface area (TPSA) is 149 Å². The van der Waals surface area contributed by atoms with Crippen LogP contribution in [0.1, 0.15) is 43.2 Å². The molecule has 0 radical (unpaired) electrons. The van der Waals surface area contributed by atoms with Gasteiger partial charge in [0, 0.05) is 18.8 Å². The van der Waals surface area contributed by atoms with E-state index in [1.165, 1.54) is 24.3 Å². The first-order valence-electron chi connectivity index (χ1n) is 13.7. The summed E-state index contributed by atoms with van der Waals surface area (Å²) in [4.78, 5) is 26.8. The molecule has 0 unspecified atom stereocenters. The third-order valence-corrected chi connectivity index (χ3v) is 6.85. The molecule has 234 valence electrons. The Kier molecular flexibility index (Phi) is 12.5. The summed E-state index contributed by atoms with van der Waals surface area (Å²) < 4.78 is 49.2. The van der Waals surface area contributed by atoms with Gasteiger partial charge in [-0.3, -0.25) is 4.79 Å². The predicted molar refractivity (Wildman–Crippen MR) is 147 cm³/mol. The van der Waals surface area contributed by atoms with E-state index >= 15 is 0 Å². The number of ether oxygens (including phenoxy) is 2. The van der Waals surface area contributed by atoms with E-state index in [4.69, 9.17) is 9.47 Å². The monoisotopic (exact) mass is 609 g/mol. The van der Waals surface area contributed by atoms with Crippen LogP contribution in [0.5, 0.6) is 11.5 Å². The van der Waals surface area contributed by atoms with Gasteiger partial charge in [0.25, 0.3) is 5.09 Å². The summed E-state index contributed by atoms with van der Waals surface area (Å²) >= 11 is 0. The van der Waals surface area contributed by atoms with Gasteiger partial charge in [-0.15, -0.1) is 10.1 Å². The number of hydrogen-bond donors (Lipinski definition) is 3. The molecule has 1 saturated carbocycles. The average molecular weight is 610 g/mol. The highest BCUT2D eigenvalue weighted by molar-refractivity contribution is 5.72. The van der Waals surface area contributed by atoms with Crippen molar-refractivity contribution in [2.45, 2.75) is 63.2 Å². The number of nitrogens with zero attached hydrogens (tertiary/aromatic N) is 1. The molecule has 3 rings (SSSR count). The number of allylic oxidation sites excluding steroid dienone is 2. The van der Waals surface area contributed by atoms with E-state index in [0.717, 1.165) is 12.1 Å². The summed E-state index contributed by atoms with van der Waals surface area (Å²) in [7, 11) is 0. The Hall–Kier alpha value is -3.94. The average Bonchev–Trinajstić information content (AvgIpc) is 3.22. The Morgan fingerprint density at radius 2 is 1.84 bits per heavy atom. The maximum absolute atomic E-state index is 12.9. The van der Waals surface area contributed by atoms with E-state index < -0.39 is 47.0 Å². The second-order valence-corrected chi connectivity index (χ2v) is 10.1. The SMILES string of the molecule is O=C(CCC/C=C\C[C@@H]1[C@@H](/C=C/[C@@H](O)COc2cccc(C(F)(F)F)c2)[C@H](O)C[C@@H]1O)Oc1cccc(CO[N+](=O)[O-])c1. The molecule has 3 N–H and O–H groups in total. The minimum atomic E-state index is -4.51. The number of alkyl halides is 3. The molecule has 1 aliphatic rings. The standard InChI is InChI=1S/C30H34F3NO9/c31-30(32,33)21-8-6-9-23(16-21)41-19-22(35)13-14-26-25(27(36)17-28(26)37)11-3-1-2-4-12-29(38)43-24-10-5-7-20(15-24)18-42-34(39)40/h1,3,5-10,13-16,22,25-28,35-37H,2,4,11-12,17-19H2/b3-1-,14-13+/t22-,25-,26-,27+,28-/m1/s1.